The third-order valence-electron chi connectivity index (χ3n) is 10.9. The fourth-order valence-corrected chi connectivity index (χ4v) is 8.44. The molecule has 0 bridgehead atoms. The molecule has 0 atom stereocenters. The van der Waals surface area contributed by atoms with Gasteiger partial charge in [0.05, 0.1) is 22.1 Å². The summed E-state index contributed by atoms with van der Waals surface area (Å²) >= 11 is 0. The first-order valence-corrected chi connectivity index (χ1v) is 17.9. The minimum absolute atomic E-state index is 1.15. The van der Waals surface area contributed by atoms with E-state index >= 15 is 0 Å². The Morgan fingerprint density at radius 2 is 0.788 bits per heavy atom. The summed E-state index contributed by atoms with van der Waals surface area (Å²) in [5, 5.41) is 10.1. The summed E-state index contributed by atoms with van der Waals surface area (Å²) in [6.45, 7) is 0. The second kappa shape index (κ2) is 11.3. The van der Waals surface area contributed by atoms with E-state index in [2.05, 4.69) is 203 Å². The van der Waals surface area contributed by atoms with E-state index in [9.17, 15) is 0 Å². The van der Waals surface area contributed by atoms with E-state index in [1.807, 2.05) is 0 Å². The Bertz CT molecular complexity index is 3180. The smallest absolute Gasteiger partial charge is 0.0548 e. The number of benzene rings is 9. The van der Waals surface area contributed by atoms with E-state index in [1.54, 1.807) is 0 Å². The molecule has 0 saturated carbocycles. The molecule has 0 amide bonds. The maximum Gasteiger partial charge on any atom is 0.0548 e. The van der Waals surface area contributed by atoms with Crippen LogP contribution in [0.4, 0.5) is 0 Å². The van der Waals surface area contributed by atoms with Crippen molar-refractivity contribution < 1.29 is 0 Å². The molecule has 0 spiro atoms. The SMILES string of the molecule is c1ccc(-c2ccc3c4c5c6ccccc6n(-c6ccc7ccccc7c6)c5ccc4n(-c4cccc(-c5ccc6ccccc6c5)c4)c3c2)cc1. The largest absolute Gasteiger partial charge is 0.309 e. The number of rotatable bonds is 4. The summed E-state index contributed by atoms with van der Waals surface area (Å²) in [6.07, 6.45) is 0. The minimum atomic E-state index is 1.15. The quantitative estimate of drug-likeness (QED) is 0.178. The van der Waals surface area contributed by atoms with Crippen molar-refractivity contribution in [2.45, 2.75) is 0 Å². The number of aromatic nitrogens is 2. The molecule has 2 nitrogen and oxygen atoms in total. The van der Waals surface area contributed by atoms with Gasteiger partial charge in [-0.1, -0.05) is 140 Å². The van der Waals surface area contributed by atoms with Gasteiger partial charge in [-0.2, -0.15) is 0 Å². The molecule has 0 radical (unpaired) electrons. The third kappa shape index (κ3) is 4.38. The summed E-state index contributed by atoms with van der Waals surface area (Å²) < 4.78 is 4.92. The van der Waals surface area contributed by atoms with Gasteiger partial charge < -0.3 is 9.13 Å². The number of nitrogens with zero attached hydrogens (tertiary/aromatic N) is 2. The van der Waals surface area contributed by atoms with Crippen LogP contribution in [0.15, 0.2) is 194 Å². The molecule has 2 heteroatoms. The average molecular weight is 661 g/mol. The van der Waals surface area contributed by atoms with Crippen molar-refractivity contribution in [3.63, 3.8) is 0 Å². The predicted octanol–water partition coefficient (Wildman–Crippen LogP) is 13.5. The summed E-state index contributed by atoms with van der Waals surface area (Å²) in [4.78, 5) is 0. The van der Waals surface area contributed by atoms with Gasteiger partial charge in [0.25, 0.3) is 0 Å². The molecule has 11 aromatic rings. The van der Waals surface area contributed by atoms with Gasteiger partial charge in [-0.15, -0.1) is 0 Å². The normalized spacial score (nSPS) is 11.8. The number of hydrogen-bond donors (Lipinski definition) is 0. The molecule has 9 aromatic carbocycles. The average Bonchev–Trinajstić information content (AvgIpc) is 3.73. The van der Waals surface area contributed by atoms with E-state index in [0.717, 1.165) is 5.69 Å². The van der Waals surface area contributed by atoms with Crippen molar-refractivity contribution >= 4 is 65.2 Å². The maximum absolute atomic E-state index is 2.48. The van der Waals surface area contributed by atoms with Gasteiger partial charge in [-0.05, 0) is 98.4 Å². The molecule has 242 valence electrons. The van der Waals surface area contributed by atoms with Crippen LogP contribution in [0.1, 0.15) is 0 Å². The zero-order valence-corrected chi connectivity index (χ0v) is 28.4. The van der Waals surface area contributed by atoms with Crippen molar-refractivity contribution in [1.29, 1.82) is 0 Å². The van der Waals surface area contributed by atoms with Crippen molar-refractivity contribution in [3.8, 4) is 33.6 Å². The molecule has 2 heterocycles. The predicted molar refractivity (Wildman–Crippen MR) is 221 cm³/mol. The van der Waals surface area contributed by atoms with Crippen LogP contribution < -0.4 is 0 Å². The summed E-state index contributed by atoms with van der Waals surface area (Å²) in [7, 11) is 0. The summed E-state index contributed by atoms with van der Waals surface area (Å²) in [5.74, 6) is 0. The first kappa shape index (κ1) is 28.9. The Labute approximate surface area is 301 Å². The Balaban J connectivity index is 1.22. The van der Waals surface area contributed by atoms with Crippen LogP contribution in [0, 0.1) is 0 Å². The lowest BCUT2D eigenvalue weighted by Crippen LogP contribution is -1.95. The molecular weight excluding hydrogens is 629 g/mol. The number of hydrogen-bond acceptors (Lipinski definition) is 0. The lowest BCUT2D eigenvalue weighted by molar-refractivity contribution is 1.17. The van der Waals surface area contributed by atoms with Crippen LogP contribution in [0.5, 0.6) is 0 Å². The van der Waals surface area contributed by atoms with Gasteiger partial charge in [0.15, 0.2) is 0 Å². The maximum atomic E-state index is 2.48. The minimum Gasteiger partial charge on any atom is -0.309 e. The van der Waals surface area contributed by atoms with Gasteiger partial charge >= 0.3 is 0 Å². The zero-order valence-electron chi connectivity index (χ0n) is 28.4. The van der Waals surface area contributed by atoms with Crippen LogP contribution in [0.3, 0.4) is 0 Å². The number of para-hydroxylation sites is 1. The van der Waals surface area contributed by atoms with Crippen molar-refractivity contribution in [1.82, 2.24) is 9.13 Å². The zero-order chi connectivity index (χ0) is 34.2. The Hall–Kier alpha value is -6.90. The van der Waals surface area contributed by atoms with Crippen LogP contribution in [0.2, 0.25) is 0 Å². The second-order valence-corrected chi connectivity index (χ2v) is 13.8. The lowest BCUT2D eigenvalue weighted by Gasteiger charge is -2.12. The van der Waals surface area contributed by atoms with Crippen molar-refractivity contribution in [3.05, 3.63) is 194 Å². The van der Waals surface area contributed by atoms with E-state index in [0.29, 0.717) is 0 Å². The third-order valence-corrected chi connectivity index (χ3v) is 10.9. The van der Waals surface area contributed by atoms with Gasteiger partial charge in [-0.25, -0.2) is 0 Å². The lowest BCUT2D eigenvalue weighted by atomic mass is 10.0. The van der Waals surface area contributed by atoms with E-state index in [1.165, 1.54) is 93.1 Å². The van der Waals surface area contributed by atoms with Crippen molar-refractivity contribution in [2.75, 3.05) is 0 Å². The summed E-state index contributed by atoms with van der Waals surface area (Å²) in [6, 6.07) is 71.1. The van der Waals surface area contributed by atoms with Gasteiger partial charge in [-0.3, -0.25) is 0 Å². The molecule has 0 aliphatic rings. The first-order valence-electron chi connectivity index (χ1n) is 17.9. The molecule has 0 aliphatic carbocycles. The first-order chi connectivity index (χ1) is 25.8. The van der Waals surface area contributed by atoms with Gasteiger partial charge in [0, 0.05) is 32.9 Å². The number of fused-ring (bicyclic) bond motifs is 9. The molecule has 0 saturated heterocycles. The molecule has 2 aromatic heterocycles. The highest BCUT2D eigenvalue weighted by Gasteiger charge is 2.21. The second-order valence-electron chi connectivity index (χ2n) is 13.8. The van der Waals surface area contributed by atoms with E-state index in [-0.39, 0.29) is 0 Å². The van der Waals surface area contributed by atoms with E-state index in [4.69, 9.17) is 0 Å². The molecule has 0 unspecified atom stereocenters. The van der Waals surface area contributed by atoms with Crippen molar-refractivity contribution in [2.24, 2.45) is 0 Å². The molecule has 52 heavy (non-hydrogen) atoms. The standard InChI is InChI=1S/C50H32N2/c1-2-11-33(12-3-1)40-24-26-44-48(32-40)52(41-18-10-17-38(31-41)39-22-21-34-13-4-6-15-36(34)29-39)47-28-27-46-49(50(44)47)43-19-8-9-20-45(43)51(46)42-25-23-35-14-5-7-16-37(35)30-42/h1-32H. The molecule has 11 rings (SSSR count). The molecular formula is C50H32N2. The van der Waals surface area contributed by atoms with E-state index < -0.39 is 0 Å². The molecule has 0 N–H and O–H groups in total. The molecule has 0 aliphatic heterocycles. The van der Waals surface area contributed by atoms with Crippen LogP contribution in [-0.2, 0) is 0 Å². The van der Waals surface area contributed by atoms with Crippen LogP contribution >= 0.6 is 0 Å². The van der Waals surface area contributed by atoms with Crippen LogP contribution in [-0.4, -0.2) is 9.13 Å². The highest BCUT2D eigenvalue weighted by atomic mass is 15.0. The monoisotopic (exact) mass is 660 g/mol. The fraction of sp³-hybridized carbons (Fsp3) is 0. The summed E-state index contributed by atoms with van der Waals surface area (Å²) in [5.41, 5.74) is 12.0. The van der Waals surface area contributed by atoms with Gasteiger partial charge in [0.1, 0.15) is 0 Å². The Kier molecular flexibility index (Phi) is 6.28. The highest BCUT2D eigenvalue weighted by Crippen LogP contribution is 2.43. The Morgan fingerprint density at radius 3 is 1.58 bits per heavy atom. The van der Waals surface area contributed by atoms with Crippen LogP contribution in [0.25, 0.3) is 98.8 Å². The fourth-order valence-electron chi connectivity index (χ4n) is 8.44. The highest BCUT2D eigenvalue weighted by molar-refractivity contribution is 6.29. The Morgan fingerprint density at radius 1 is 0.250 bits per heavy atom. The molecule has 0 fully saturated rings. The topological polar surface area (TPSA) is 9.86 Å². The van der Waals surface area contributed by atoms with Gasteiger partial charge in [0.2, 0.25) is 0 Å².